The fourth-order valence-electron chi connectivity index (χ4n) is 3.62. The average Bonchev–Trinajstić information content (AvgIpc) is 2.65. The highest BCUT2D eigenvalue weighted by Gasteiger charge is 2.17. The number of unbranched alkanes of at least 4 members (excludes halogenated alkanes) is 9. The van der Waals surface area contributed by atoms with Crippen molar-refractivity contribution in [3.63, 3.8) is 0 Å². The largest absolute Gasteiger partial charge is 0.393 e. The summed E-state index contributed by atoms with van der Waals surface area (Å²) in [5.74, 6) is 0.821. The molecule has 0 radical (unpaired) electrons. The van der Waals surface area contributed by atoms with Crippen LogP contribution in [0.1, 0.15) is 110 Å². The van der Waals surface area contributed by atoms with E-state index in [1.54, 1.807) is 0 Å². The lowest BCUT2D eigenvalue weighted by atomic mass is 9.92. The van der Waals surface area contributed by atoms with Gasteiger partial charge in [0.2, 0.25) is 0 Å². The third-order valence-corrected chi connectivity index (χ3v) is 4.97. The van der Waals surface area contributed by atoms with Crippen LogP contribution in [0.3, 0.4) is 0 Å². The lowest BCUT2D eigenvalue weighted by Gasteiger charge is -2.16. The molecular formula is C19H38O. The highest BCUT2D eigenvalue weighted by Crippen LogP contribution is 2.27. The zero-order chi connectivity index (χ0) is 14.5. The molecule has 1 N–H and O–H groups in total. The van der Waals surface area contributed by atoms with Gasteiger partial charge in [-0.1, -0.05) is 96.8 Å². The Kier molecular flexibility index (Phi) is 11.4. The highest BCUT2D eigenvalue weighted by molar-refractivity contribution is 4.70. The molecule has 0 aromatic rings. The number of rotatable bonds is 11. The zero-order valence-corrected chi connectivity index (χ0v) is 13.9. The summed E-state index contributed by atoms with van der Waals surface area (Å²) in [4.78, 5) is 0. The van der Waals surface area contributed by atoms with E-state index in [1.165, 1.54) is 89.9 Å². The number of hydrogen-bond acceptors (Lipinski definition) is 1. The molecule has 1 heteroatoms. The molecule has 0 heterocycles. The predicted octanol–water partition coefficient (Wildman–Crippen LogP) is 6.24. The number of aliphatic hydroxyl groups is 1. The van der Waals surface area contributed by atoms with E-state index in [-0.39, 0.29) is 6.10 Å². The minimum Gasteiger partial charge on any atom is -0.393 e. The quantitative estimate of drug-likeness (QED) is 0.351. The molecule has 1 rings (SSSR count). The zero-order valence-electron chi connectivity index (χ0n) is 13.9. The van der Waals surface area contributed by atoms with Gasteiger partial charge in [-0.25, -0.2) is 0 Å². The van der Waals surface area contributed by atoms with Crippen LogP contribution in [-0.2, 0) is 0 Å². The van der Waals surface area contributed by atoms with Crippen molar-refractivity contribution in [1.82, 2.24) is 0 Å². The van der Waals surface area contributed by atoms with Gasteiger partial charge in [-0.3, -0.25) is 0 Å². The molecule has 1 fully saturated rings. The molecule has 120 valence electrons. The fraction of sp³-hybridized carbons (Fsp3) is 1.00. The third-order valence-electron chi connectivity index (χ3n) is 4.97. The first kappa shape index (κ1) is 18.0. The minimum absolute atomic E-state index is 0.00520. The topological polar surface area (TPSA) is 20.2 Å². The Balaban J connectivity index is 1.84. The van der Waals surface area contributed by atoms with Crippen LogP contribution in [0.4, 0.5) is 0 Å². The van der Waals surface area contributed by atoms with Crippen LogP contribution < -0.4 is 0 Å². The van der Waals surface area contributed by atoms with Gasteiger partial charge in [-0.2, -0.15) is 0 Å². The molecule has 0 aromatic carbocycles. The molecule has 0 spiro atoms. The van der Waals surface area contributed by atoms with E-state index < -0.39 is 0 Å². The van der Waals surface area contributed by atoms with E-state index in [4.69, 9.17) is 0 Å². The van der Waals surface area contributed by atoms with Gasteiger partial charge >= 0.3 is 0 Å². The third kappa shape index (κ3) is 9.80. The summed E-state index contributed by atoms with van der Waals surface area (Å²) in [6.07, 6.45) is 21.7. The first-order chi connectivity index (χ1) is 9.83. The summed E-state index contributed by atoms with van der Waals surface area (Å²) in [6.45, 7) is 2.29. The first-order valence-corrected chi connectivity index (χ1v) is 9.51. The van der Waals surface area contributed by atoms with Gasteiger partial charge in [-0.15, -0.1) is 0 Å². The molecular weight excluding hydrogens is 244 g/mol. The Hall–Kier alpha value is -0.0400. The van der Waals surface area contributed by atoms with Gasteiger partial charge in [0.1, 0.15) is 0 Å². The SMILES string of the molecule is CCCCCCCCCCCCC1CCCCC(O)C1. The standard InChI is InChI=1S/C19H38O/c1-2-3-4-5-6-7-8-9-10-11-14-18-15-12-13-16-19(20)17-18/h18-20H,2-17H2,1H3. The van der Waals surface area contributed by atoms with Gasteiger partial charge in [0.25, 0.3) is 0 Å². The molecule has 1 saturated carbocycles. The van der Waals surface area contributed by atoms with Crippen molar-refractivity contribution in [2.75, 3.05) is 0 Å². The summed E-state index contributed by atoms with van der Waals surface area (Å²) in [7, 11) is 0. The van der Waals surface area contributed by atoms with Gasteiger partial charge in [0.05, 0.1) is 6.10 Å². The molecule has 0 saturated heterocycles. The van der Waals surface area contributed by atoms with E-state index >= 15 is 0 Å². The predicted molar refractivity (Wildman–Crippen MR) is 89.0 cm³/mol. The van der Waals surface area contributed by atoms with E-state index in [1.807, 2.05) is 0 Å². The molecule has 1 aliphatic rings. The fourth-order valence-corrected chi connectivity index (χ4v) is 3.62. The van der Waals surface area contributed by atoms with Crippen molar-refractivity contribution >= 4 is 0 Å². The van der Waals surface area contributed by atoms with Crippen molar-refractivity contribution in [3.8, 4) is 0 Å². The second-order valence-electron chi connectivity index (χ2n) is 7.01. The lowest BCUT2D eigenvalue weighted by molar-refractivity contribution is 0.138. The minimum atomic E-state index is 0.00520. The van der Waals surface area contributed by atoms with Crippen LogP contribution in [0, 0.1) is 5.92 Å². The maximum atomic E-state index is 9.82. The lowest BCUT2D eigenvalue weighted by Crippen LogP contribution is -2.10. The van der Waals surface area contributed by atoms with Gasteiger partial charge in [0.15, 0.2) is 0 Å². The molecule has 0 aliphatic heterocycles. The first-order valence-electron chi connectivity index (χ1n) is 9.51. The molecule has 1 nitrogen and oxygen atoms in total. The Morgan fingerprint density at radius 3 is 1.95 bits per heavy atom. The highest BCUT2D eigenvalue weighted by atomic mass is 16.3. The van der Waals surface area contributed by atoms with Crippen LogP contribution in [0.2, 0.25) is 0 Å². The maximum Gasteiger partial charge on any atom is 0.0542 e. The summed E-state index contributed by atoms with van der Waals surface area (Å²) in [5, 5.41) is 9.82. The smallest absolute Gasteiger partial charge is 0.0542 e. The maximum absolute atomic E-state index is 9.82. The summed E-state index contributed by atoms with van der Waals surface area (Å²) in [5.41, 5.74) is 0. The van der Waals surface area contributed by atoms with Crippen molar-refractivity contribution in [3.05, 3.63) is 0 Å². The monoisotopic (exact) mass is 282 g/mol. The average molecular weight is 283 g/mol. The van der Waals surface area contributed by atoms with Crippen molar-refractivity contribution in [2.45, 2.75) is 116 Å². The number of hydrogen-bond donors (Lipinski definition) is 1. The van der Waals surface area contributed by atoms with Crippen LogP contribution in [0.25, 0.3) is 0 Å². The Morgan fingerprint density at radius 1 is 0.750 bits per heavy atom. The molecule has 2 atom stereocenters. The Bertz CT molecular complexity index is 202. The molecule has 2 unspecified atom stereocenters. The summed E-state index contributed by atoms with van der Waals surface area (Å²) < 4.78 is 0. The van der Waals surface area contributed by atoms with Crippen molar-refractivity contribution in [1.29, 1.82) is 0 Å². The molecule has 1 aliphatic carbocycles. The van der Waals surface area contributed by atoms with Crippen LogP contribution in [0.15, 0.2) is 0 Å². The van der Waals surface area contributed by atoms with Gasteiger partial charge in [-0.05, 0) is 18.8 Å². The van der Waals surface area contributed by atoms with E-state index in [2.05, 4.69) is 6.92 Å². The molecule has 0 aromatic heterocycles. The van der Waals surface area contributed by atoms with Crippen LogP contribution in [0.5, 0.6) is 0 Å². The molecule has 0 amide bonds. The van der Waals surface area contributed by atoms with Crippen molar-refractivity contribution < 1.29 is 5.11 Å². The Morgan fingerprint density at radius 2 is 1.30 bits per heavy atom. The van der Waals surface area contributed by atoms with Gasteiger partial charge < -0.3 is 5.11 Å². The van der Waals surface area contributed by atoms with Crippen LogP contribution >= 0.6 is 0 Å². The Labute approximate surface area is 127 Å². The van der Waals surface area contributed by atoms with E-state index in [9.17, 15) is 5.11 Å². The summed E-state index contributed by atoms with van der Waals surface area (Å²) in [6, 6.07) is 0. The van der Waals surface area contributed by atoms with Crippen molar-refractivity contribution in [2.24, 2.45) is 5.92 Å². The second kappa shape index (κ2) is 12.7. The normalized spacial score (nSPS) is 23.7. The van der Waals surface area contributed by atoms with Gasteiger partial charge in [0, 0.05) is 0 Å². The molecule has 0 bridgehead atoms. The molecule has 20 heavy (non-hydrogen) atoms. The van der Waals surface area contributed by atoms with Crippen LogP contribution in [-0.4, -0.2) is 11.2 Å². The number of aliphatic hydroxyl groups excluding tert-OH is 1. The second-order valence-corrected chi connectivity index (χ2v) is 7.01. The summed E-state index contributed by atoms with van der Waals surface area (Å²) >= 11 is 0. The van der Waals surface area contributed by atoms with E-state index in [0.717, 1.165) is 18.8 Å². The van der Waals surface area contributed by atoms with E-state index in [0.29, 0.717) is 0 Å².